The van der Waals surface area contributed by atoms with E-state index in [-0.39, 0.29) is 11.9 Å². The van der Waals surface area contributed by atoms with Crippen LogP contribution in [0, 0.1) is 0 Å². The summed E-state index contributed by atoms with van der Waals surface area (Å²) in [4.78, 5) is 12.2. The number of carbonyl (C=O) groups is 1. The Balaban J connectivity index is 1.51. The molecule has 1 aliphatic heterocycles. The Morgan fingerprint density at radius 3 is 2.72 bits per heavy atom. The number of aromatic nitrogens is 2. The van der Waals surface area contributed by atoms with Gasteiger partial charge in [-0.3, -0.25) is 4.79 Å². The molecule has 2 aromatic rings. The minimum absolute atomic E-state index is 0.0349. The van der Waals surface area contributed by atoms with Crippen LogP contribution in [0.25, 0.3) is 0 Å². The van der Waals surface area contributed by atoms with Crippen molar-refractivity contribution >= 4 is 40.8 Å². The lowest BCUT2D eigenvalue weighted by molar-refractivity contribution is -0.119. The van der Waals surface area contributed by atoms with Crippen LogP contribution in [0.2, 0.25) is 0 Å². The van der Waals surface area contributed by atoms with Gasteiger partial charge in [-0.05, 0) is 30.4 Å². The van der Waals surface area contributed by atoms with Crippen molar-refractivity contribution in [2.24, 2.45) is 0 Å². The monoisotopic (exact) mass is 397 g/mol. The van der Waals surface area contributed by atoms with Gasteiger partial charge in [-0.15, -0.1) is 10.2 Å². The quantitative estimate of drug-likeness (QED) is 0.718. The molecule has 9 heteroatoms. The summed E-state index contributed by atoms with van der Waals surface area (Å²) in [5.74, 6) is 2.73. The number of hydrogen-bond acceptors (Lipinski definition) is 8. The molecule has 0 spiro atoms. The molecule has 1 aliphatic rings. The van der Waals surface area contributed by atoms with E-state index >= 15 is 0 Å². The first-order valence-electron chi connectivity index (χ1n) is 7.93. The molecule has 0 fully saturated rings. The third-order valence-corrected chi connectivity index (χ3v) is 6.50. The molecular formula is C16H19N3O3S3. The van der Waals surface area contributed by atoms with Crippen molar-refractivity contribution in [1.82, 2.24) is 15.5 Å². The molecule has 0 bridgehead atoms. The fourth-order valence-electron chi connectivity index (χ4n) is 2.26. The maximum Gasteiger partial charge on any atom is 0.230 e. The fourth-order valence-corrected chi connectivity index (χ4v) is 4.99. The molecule has 1 amide bonds. The molecule has 0 aliphatic carbocycles. The van der Waals surface area contributed by atoms with E-state index in [2.05, 4.69) is 22.4 Å². The van der Waals surface area contributed by atoms with Gasteiger partial charge in [-0.1, -0.05) is 47.9 Å². The topological polar surface area (TPSA) is 73.3 Å². The van der Waals surface area contributed by atoms with Gasteiger partial charge in [0, 0.05) is 0 Å². The van der Waals surface area contributed by atoms with Crippen molar-refractivity contribution in [1.29, 1.82) is 0 Å². The SMILES string of the molecule is CCSc1nnc(SCC(=O)N[C@@H](C)c2ccc3c(c2)OCCO3)s1. The van der Waals surface area contributed by atoms with E-state index in [1.807, 2.05) is 25.1 Å². The molecule has 1 aromatic carbocycles. The number of amides is 1. The van der Waals surface area contributed by atoms with Gasteiger partial charge in [0.05, 0.1) is 11.8 Å². The van der Waals surface area contributed by atoms with E-state index in [0.29, 0.717) is 19.0 Å². The van der Waals surface area contributed by atoms with Crippen molar-refractivity contribution in [3.63, 3.8) is 0 Å². The first-order chi connectivity index (χ1) is 12.2. The molecule has 0 unspecified atom stereocenters. The highest BCUT2D eigenvalue weighted by Crippen LogP contribution is 2.33. The van der Waals surface area contributed by atoms with Gasteiger partial charge in [0.2, 0.25) is 5.91 Å². The Labute approximate surface area is 159 Å². The zero-order valence-electron chi connectivity index (χ0n) is 14.0. The standard InChI is InChI=1S/C16H19N3O3S3/c1-3-23-15-18-19-16(25-15)24-9-14(20)17-10(2)11-4-5-12-13(8-11)22-7-6-21-12/h4-5,8,10H,3,6-7,9H2,1-2H3,(H,17,20)/t10-/m0/s1. The second kappa shape index (κ2) is 8.77. The zero-order valence-corrected chi connectivity index (χ0v) is 16.4. The summed E-state index contributed by atoms with van der Waals surface area (Å²) >= 11 is 4.59. The highest BCUT2D eigenvalue weighted by molar-refractivity contribution is 8.03. The van der Waals surface area contributed by atoms with Crippen molar-refractivity contribution in [2.45, 2.75) is 28.6 Å². The average Bonchev–Trinajstić information content (AvgIpc) is 3.07. The molecule has 2 heterocycles. The van der Waals surface area contributed by atoms with Gasteiger partial charge in [-0.2, -0.15) is 0 Å². The number of carbonyl (C=O) groups excluding carboxylic acids is 1. The predicted molar refractivity (Wildman–Crippen MR) is 101 cm³/mol. The normalized spacial score (nSPS) is 14.2. The highest BCUT2D eigenvalue weighted by Gasteiger charge is 2.16. The Morgan fingerprint density at radius 1 is 1.24 bits per heavy atom. The summed E-state index contributed by atoms with van der Waals surface area (Å²) < 4.78 is 12.9. The number of benzene rings is 1. The Hall–Kier alpha value is -1.45. The van der Waals surface area contributed by atoms with Gasteiger partial charge in [0.15, 0.2) is 20.2 Å². The molecule has 1 N–H and O–H groups in total. The second-order valence-electron chi connectivity index (χ2n) is 5.25. The molecule has 0 saturated heterocycles. The van der Waals surface area contributed by atoms with Crippen LogP contribution < -0.4 is 14.8 Å². The molecule has 3 rings (SSSR count). The molecule has 0 saturated carbocycles. The van der Waals surface area contributed by atoms with E-state index in [9.17, 15) is 4.79 Å². The Morgan fingerprint density at radius 2 is 1.96 bits per heavy atom. The van der Waals surface area contributed by atoms with Crippen molar-refractivity contribution in [3.8, 4) is 11.5 Å². The molecule has 6 nitrogen and oxygen atoms in total. The molecular weight excluding hydrogens is 378 g/mol. The Kier molecular flexibility index (Phi) is 6.44. The number of nitrogens with zero attached hydrogens (tertiary/aromatic N) is 2. The van der Waals surface area contributed by atoms with Crippen LogP contribution in [0.1, 0.15) is 25.5 Å². The van der Waals surface area contributed by atoms with E-state index in [0.717, 1.165) is 31.5 Å². The van der Waals surface area contributed by atoms with E-state index < -0.39 is 0 Å². The number of thioether (sulfide) groups is 2. The van der Waals surface area contributed by atoms with E-state index in [4.69, 9.17) is 9.47 Å². The molecule has 1 atom stereocenters. The number of nitrogens with one attached hydrogen (secondary N) is 1. The van der Waals surface area contributed by atoms with Gasteiger partial charge in [0.1, 0.15) is 13.2 Å². The van der Waals surface area contributed by atoms with Gasteiger partial charge in [0.25, 0.3) is 0 Å². The van der Waals surface area contributed by atoms with Gasteiger partial charge >= 0.3 is 0 Å². The van der Waals surface area contributed by atoms with Gasteiger partial charge < -0.3 is 14.8 Å². The van der Waals surface area contributed by atoms with Crippen LogP contribution in [0.5, 0.6) is 11.5 Å². The van der Waals surface area contributed by atoms with Crippen LogP contribution in [-0.4, -0.2) is 40.8 Å². The highest BCUT2D eigenvalue weighted by atomic mass is 32.2. The maximum absolute atomic E-state index is 12.2. The van der Waals surface area contributed by atoms with Crippen molar-refractivity contribution in [2.75, 3.05) is 24.7 Å². The number of rotatable bonds is 7. The number of hydrogen-bond donors (Lipinski definition) is 1. The van der Waals surface area contributed by atoms with Crippen LogP contribution >= 0.6 is 34.9 Å². The van der Waals surface area contributed by atoms with E-state index in [1.165, 1.54) is 23.1 Å². The molecule has 134 valence electrons. The Bertz CT molecular complexity index is 738. The van der Waals surface area contributed by atoms with Crippen LogP contribution in [0.4, 0.5) is 0 Å². The first-order valence-corrected chi connectivity index (χ1v) is 10.7. The molecule has 0 radical (unpaired) electrons. The lowest BCUT2D eigenvalue weighted by atomic mass is 10.1. The van der Waals surface area contributed by atoms with Crippen molar-refractivity contribution < 1.29 is 14.3 Å². The lowest BCUT2D eigenvalue weighted by Crippen LogP contribution is -2.28. The number of ether oxygens (including phenoxy) is 2. The minimum Gasteiger partial charge on any atom is -0.486 e. The second-order valence-corrected chi connectivity index (χ2v) is 8.96. The number of fused-ring (bicyclic) bond motifs is 1. The van der Waals surface area contributed by atoms with Crippen LogP contribution in [0.15, 0.2) is 26.9 Å². The largest absolute Gasteiger partial charge is 0.486 e. The summed E-state index contributed by atoms with van der Waals surface area (Å²) in [6, 6.07) is 5.65. The fraction of sp³-hybridized carbons (Fsp3) is 0.438. The lowest BCUT2D eigenvalue weighted by Gasteiger charge is -2.21. The predicted octanol–water partition coefficient (Wildman–Crippen LogP) is 3.39. The third kappa shape index (κ3) is 5.02. The average molecular weight is 398 g/mol. The van der Waals surface area contributed by atoms with Gasteiger partial charge in [-0.25, -0.2) is 0 Å². The molecule has 25 heavy (non-hydrogen) atoms. The van der Waals surface area contributed by atoms with Crippen molar-refractivity contribution in [3.05, 3.63) is 23.8 Å². The smallest absolute Gasteiger partial charge is 0.230 e. The van der Waals surface area contributed by atoms with Crippen LogP contribution in [0.3, 0.4) is 0 Å². The summed E-state index contributed by atoms with van der Waals surface area (Å²) in [5, 5.41) is 11.2. The third-order valence-electron chi connectivity index (χ3n) is 3.43. The summed E-state index contributed by atoms with van der Waals surface area (Å²) in [6.45, 7) is 5.15. The van der Waals surface area contributed by atoms with E-state index in [1.54, 1.807) is 11.8 Å². The molecule has 1 aromatic heterocycles. The first kappa shape index (κ1) is 18.3. The minimum atomic E-state index is -0.107. The zero-order chi connectivity index (χ0) is 17.6. The van der Waals surface area contributed by atoms with Crippen LogP contribution in [-0.2, 0) is 4.79 Å². The maximum atomic E-state index is 12.2. The summed E-state index contributed by atoms with van der Waals surface area (Å²) in [7, 11) is 0. The summed E-state index contributed by atoms with van der Waals surface area (Å²) in [6.07, 6.45) is 0. The summed E-state index contributed by atoms with van der Waals surface area (Å²) in [5.41, 5.74) is 0.986.